The van der Waals surface area contributed by atoms with Gasteiger partial charge in [-0.15, -0.1) is 0 Å². The molecule has 0 aliphatic heterocycles. The molecule has 4 nitrogen and oxygen atoms in total. The van der Waals surface area contributed by atoms with Crippen molar-refractivity contribution in [2.24, 2.45) is 0 Å². The highest BCUT2D eigenvalue weighted by atomic mass is 127. The lowest BCUT2D eigenvalue weighted by Gasteiger charge is -2.16. The molecule has 6 heteroatoms. The van der Waals surface area contributed by atoms with E-state index in [0.717, 1.165) is 19.5 Å². The van der Waals surface area contributed by atoms with Crippen molar-refractivity contribution in [2.45, 2.75) is 6.10 Å². The summed E-state index contributed by atoms with van der Waals surface area (Å²) in [5.41, 5.74) is 0.780. The van der Waals surface area contributed by atoms with Crippen molar-refractivity contribution >= 4 is 44.2 Å². The zero-order valence-corrected chi connectivity index (χ0v) is 12.4. The Morgan fingerprint density at radius 1 is 1.56 bits per heavy atom. The Morgan fingerprint density at radius 2 is 2.25 bits per heavy atom. The van der Waals surface area contributed by atoms with E-state index in [1.165, 1.54) is 0 Å². The lowest BCUT2D eigenvalue weighted by Crippen LogP contribution is -2.23. The largest absolute Gasteiger partial charge is 0.493 e. The van der Waals surface area contributed by atoms with Crippen LogP contribution in [0.4, 0.5) is 5.69 Å². The van der Waals surface area contributed by atoms with Gasteiger partial charge in [0.15, 0.2) is 5.75 Å². The van der Waals surface area contributed by atoms with E-state index < -0.39 is 6.10 Å². The number of aliphatic hydroxyl groups excluding tert-OH is 2. The molecular weight excluding hydrogens is 389 g/mol. The van der Waals surface area contributed by atoms with E-state index >= 15 is 0 Å². The maximum absolute atomic E-state index is 9.27. The van der Waals surface area contributed by atoms with E-state index in [1.807, 2.05) is 12.1 Å². The number of anilines is 1. The summed E-state index contributed by atoms with van der Waals surface area (Å²) in [6, 6.07) is 3.83. The summed E-state index contributed by atoms with van der Waals surface area (Å²) < 4.78 is 7.11. The number of methoxy groups -OCH3 is 1. The third kappa shape index (κ3) is 3.47. The van der Waals surface area contributed by atoms with Gasteiger partial charge < -0.3 is 20.3 Å². The molecule has 0 radical (unpaired) electrons. The number of nitrogens with one attached hydrogen (secondary N) is 1. The van der Waals surface area contributed by atoms with Crippen LogP contribution in [0, 0.1) is 3.57 Å². The van der Waals surface area contributed by atoms with Gasteiger partial charge >= 0.3 is 0 Å². The molecule has 1 unspecified atom stereocenters. The van der Waals surface area contributed by atoms with Gasteiger partial charge in [-0.3, -0.25) is 0 Å². The zero-order valence-electron chi connectivity index (χ0n) is 8.70. The van der Waals surface area contributed by atoms with Gasteiger partial charge in [-0.25, -0.2) is 0 Å². The van der Waals surface area contributed by atoms with E-state index in [-0.39, 0.29) is 13.2 Å². The molecule has 0 spiro atoms. The number of benzene rings is 1. The van der Waals surface area contributed by atoms with Crippen LogP contribution < -0.4 is 10.1 Å². The van der Waals surface area contributed by atoms with Gasteiger partial charge in [-0.05, 0) is 50.7 Å². The van der Waals surface area contributed by atoms with Gasteiger partial charge in [-0.2, -0.15) is 0 Å². The summed E-state index contributed by atoms with van der Waals surface area (Å²) in [6.07, 6.45) is -0.783. The Labute approximate surface area is 116 Å². The predicted molar refractivity (Wildman–Crippen MR) is 75.0 cm³/mol. The zero-order chi connectivity index (χ0) is 12.1. The highest BCUT2D eigenvalue weighted by Gasteiger charge is 2.12. The van der Waals surface area contributed by atoms with Crippen molar-refractivity contribution in [3.05, 3.63) is 20.2 Å². The number of hydrogen-bond donors (Lipinski definition) is 3. The van der Waals surface area contributed by atoms with Crippen LogP contribution in [0.3, 0.4) is 0 Å². The van der Waals surface area contributed by atoms with E-state index in [0.29, 0.717) is 0 Å². The van der Waals surface area contributed by atoms with E-state index in [4.69, 9.17) is 9.84 Å². The Kier molecular flexibility index (Phi) is 5.81. The first-order valence-corrected chi connectivity index (χ1v) is 6.52. The number of hydrogen-bond acceptors (Lipinski definition) is 4. The molecule has 0 saturated heterocycles. The summed E-state index contributed by atoms with van der Waals surface area (Å²) in [6.45, 7) is 0.00239. The van der Waals surface area contributed by atoms with Crippen molar-refractivity contribution in [3.8, 4) is 5.75 Å². The second-order valence-electron chi connectivity index (χ2n) is 3.15. The van der Waals surface area contributed by atoms with Crippen LogP contribution >= 0.6 is 38.5 Å². The fraction of sp³-hybridized carbons (Fsp3) is 0.400. The molecule has 1 aromatic rings. The molecule has 1 atom stereocenters. The fourth-order valence-electron chi connectivity index (χ4n) is 1.18. The number of rotatable bonds is 5. The molecule has 0 fully saturated rings. The number of halogens is 2. The number of aliphatic hydroxyl groups is 2. The van der Waals surface area contributed by atoms with Crippen LogP contribution in [0.25, 0.3) is 0 Å². The normalized spacial score (nSPS) is 12.3. The summed E-state index contributed by atoms with van der Waals surface area (Å²) in [5.74, 6) is 0.722. The first kappa shape index (κ1) is 14.0. The van der Waals surface area contributed by atoms with Crippen LogP contribution in [0.5, 0.6) is 5.75 Å². The van der Waals surface area contributed by atoms with Crippen LogP contribution in [0.1, 0.15) is 0 Å². The smallest absolute Gasteiger partial charge is 0.156 e. The minimum Gasteiger partial charge on any atom is -0.493 e. The van der Waals surface area contributed by atoms with Gasteiger partial charge in [0.2, 0.25) is 0 Å². The Bertz CT molecular complexity index is 362. The van der Waals surface area contributed by atoms with Crippen molar-refractivity contribution in [3.63, 3.8) is 0 Å². The molecule has 0 aliphatic carbocycles. The van der Waals surface area contributed by atoms with Gasteiger partial charge in [0.05, 0.1) is 29.1 Å². The molecule has 16 heavy (non-hydrogen) atoms. The van der Waals surface area contributed by atoms with Crippen LogP contribution in [0.2, 0.25) is 0 Å². The predicted octanol–water partition coefficient (Wildman–Crippen LogP) is 1.83. The summed E-state index contributed by atoms with van der Waals surface area (Å²) in [4.78, 5) is 0. The third-order valence-corrected chi connectivity index (χ3v) is 3.50. The summed E-state index contributed by atoms with van der Waals surface area (Å²) in [5, 5.41) is 21.0. The first-order chi connectivity index (χ1) is 7.60. The van der Waals surface area contributed by atoms with Crippen molar-refractivity contribution in [1.29, 1.82) is 0 Å². The van der Waals surface area contributed by atoms with Gasteiger partial charge in [-0.1, -0.05) is 0 Å². The van der Waals surface area contributed by atoms with E-state index in [2.05, 4.69) is 43.8 Å². The quantitative estimate of drug-likeness (QED) is 0.659. The van der Waals surface area contributed by atoms with Gasteiger partial charge in [0.1, 0.15) is 0 Å². The summed E-state index contributed by atoms with van der Waals surface area (Å²) >= 11 is 5.58. The minimum atomic E-state index is -0.783. The molecule has 0 bridgehead atoms. The molecule has 1 aromatic carbocycles. The van der Waals surface area contributed by atoms with Crippen LogP contribution in [-0.2, 0) is 0 Å². The standard InChI is InChI=1S/C10H13BrINO3/c1-16-10-8(12)3-2-7(11)9(10)13-4-6(15)5-14/h2-3,6,13-15H,4-5H2,1H3. The second-order valence-corrected chi connectivity index (χ2v) is 5.17. The van der Waals surface area contributed by atoms with E-state index in [1.54, 1.807) is 7.11 Å². The van der Waals surface area contributed by atoms with Gasteiger partial charge in [0.25, 0.3) is 0 Å². The molecule has 0 aromatic heterocycles. The first-order valence-electron chi connectivity index (χ1n) is 4.65. The number of ether oxygens (including phenoxy) is 1. The Balaban J connectivity index is 2.89. The summed E-state index contributed by atoms with van der Waals surface area (Å²) in [7, 11) is 1.59. The van der Waals surface area contributed by atoms with Crippen molar-refractivity contribution in [2.75, 3.05) is 25.6 Å². The molecule has 1 rings (SSSR count). The average Bonchev–Trinajstić information content (AvgIpc) is 2.29. The molecule has 90 valence electrons. The van der Waals surface area contributed by atoms with Gasteiger partial charge in [0, 0.05) is 11.0 Å². The lowest BCUT2D eigenvalue weighted by atomic mass is 10.2. The highest BCUT2D eigenvalue weighted by Crippen LogP contribution is 2.36. The molecule has 0 aliphatic rings. The average molecular weight is 402 g/mol. The Hall–Kier alpha value is -0.0500. The molecule has 0 amide bonds. The minimum absolute atomic E-state index is 0.267. The highest BCUT2D eigenvalue weighted by molar-refractivity contribution is 14.1. The van der Waals surface area contributed by atoms with Crippen LogP contribution in [0.15, 0.2) is 16.6 Å². The molecular formula is C10H13BrINO3. The maximum atomic E-state index is 9.27. The lowest BCUT2D eigenvalue weighted by molar-refractivity contribution is 0.105. The molecule has 0 heterocycles. The van der Waals surface area contributed by atoms with Crippen molar-refractivity contribution < 1.29 is 14.9 Å². The molecule has 0 saturated carbocycles. The van der Waals surface area contributed by atoms with E-state index in [9.17, 15) is 5.11 Å². The van der Waals surface area contributed by atoms with Crippen LogP contribution in [-0.4, -0.2) is 36.6 Å². The maximum Gasteiger partial charge on any atom is 0.156 e. The third-order valence-electron chi connectivity index (χ3n) is 1.99. The topological polar surface area (TPSA) is 61.7 Å². The monoisotopic (exact) mass is 401 g/mol. The second kappa shape index (κ2) is 6.63. The Morgan fingerprint density at radius 3 is 2.81 bits per heavy atom. The van der Waals surface area contributed by atoms with Crippen molar-refractivity contribution in [1.82, 2.24) is 0 Å². The SMILES string of the molecule is COc1c(I)ccc(Br)c1NCC(O)CO. The fourth-order valence-corrected chi connectivity index (χ4v) is 2.30. The molecule has 3 N–H and O–H groups in total.